The first-order chi connectivity index (χ1) is 14.8. The third-order valence-electron chi connectivity index (χ3n) is 5.22. The van der Waals surface area contributed by atoms with Crippen molar-refractivity contribution in [3.63, 3.8) is 0 Å². The lowest BCUT2D eigenvalue weighted by Gasteiger charge is -2.35. The van der Waals surface area contributed by atoms with Gasteiger partial charge in [-0.1, -0.05) is 32.6 Å². The fourth-order valence-electron chi connectivity index (χ4n) is 3.80. The highest BCUT2D eigenvalue weighted by Crippen LogP contribution is 2.41. The molecule has 0 unspecified atom stereocenters. The zero-order chi connectivity index (χ0) is 23.4. The summed E-state index contributed by atoms with van der Waals surface area (Å²) < 4.78 is 0. The summed E-state index contributed by atoms with van der Waals surface area (Å²) in [6.07, 6.45) is 12.1. The third kappa shape index (κ3) is 19.8. The maximum absolute atomic E-state index is 10.8. The van der Waals surface area contributed by atoms with E-state index in [4.69, 9.17) is 15.3 Å². The molecule has 0 saturated carbocycles. The second-order valence-corrected chi connectivity index (χ2v) is 11.3. The Kier molecular flexibility index (Phi) is 19.7. The van der Waals surface area contributed by atoms with Crippen molar-refractivity contribution in [2.75, 3.05) is 34.5 Å². The van der Waals surface area contributed by atoms with Crippen molar-refractivity contribution < 1.29 is 29.7 Å². The van der Waals surface area contributed by atoms with Crippen molar-refractivity contribution in [1.29, 1.82) is 0 Å². The van der Waals surface area contributed by atoms with Crippen molar-refractivity contribution in [2.24, 2.45) is 5.41 Å². The zero-order valence-electron chi connectivity index (χ0n) is 18.8. The van der Waals surface area contributed by atoms with Gasteiger partial charge in [-0.25, -0.2) is 0 Å². The molecule has 0 aliphatic carbocycles. The van der Waals surface area contributed by atoms with E-state index in [1.54, 1.807) is 0 Å². The molecule has 0 aromatic heterocycles. The van der Waals surface area contributed by atoms with E-state index < -0.39 is 17.9 Å². The van der Waals surface area contributed by atoms with Gasteiger partial charge in [-0.3, -0.25) is 14.4 Å². The molecule has 31 heavy (non-hydrogen) atoms. The maximum Gasteiger partial charge on any atom is 0.313 e. The Morgan fingerprint density at radius 2 is 0.935 bits per heavy atom. The van der Waals surface area contributed by atoms with Gasteiger partial charge < -0.3 is 15.3 Å². The zero-order valence-corrected chi connectivity index (χ0v) is 21.3. The third-order valence-corrected chi connectivity index (χ3v) is 8.31. The SMILES string of the molecule is CCCCCCC(CCCSCC(=O)O)(CCCSCC(=O)O)CCCSCC(=O)O. The Labute approximate surface area is 200 Å². The summed E-state index contributed by atoms with van der Waals surface area (Å²) in [5.74, 6) is 0.605. The van der Waals surface area contributed by atoms with Crippen molar-refractivity contribution in [3.05, 3.63) is 0 Å². The number of carbonyl (C=O) groups is 3. The van der Waals surface area contributed by atoms with Crippen LogP contribution in [0.25, 0.3) is 0 Å². The number of aliphatic carboxylic acids is 3. The predicted octanol–water partition coefficient (Wildman–Crippen LogP) is 5.74. The van der Waals surface area contributed by atoms with E-state index in [9.17, 15) is 14.4 Å². The minimum atomic E-state index is -0.776. The first-order valence-electron chi connectivity index (χ1n) is 11.2. The summed E-state index contributed by atoms with van der Waals surface area (Å²) in [5.41, 5.74) is 0.186. The Hall–Kier alpha value is -0.540. The van der Waals surface area contributed by atoms with Gasteiger partial charge >= 0.3 is 17.9 Å². The smallest absolute Gasteiger partial charge is 0.313 e. The van der Waals surface area contributed by atoms with Crippen LogP contribution in [0.2, 0.25) is 0 Å². The topological polar surface area (TPSA) is 112 Å². The Balaban J connectivity index is 4.84. The van der Waals surface area contributed by atoms with E-state index in [2.05, 4.69) is 6.92 Å². The van der Waals surface area contributed by atoms with Crippen LogP contribution in [0.1, 0.15) is 77.6 Å². The van der Waals surface area contributed by atoms with E-state index in [0.717, 1.165) is 62.2 Å². The molecule has 0 saturated heterocycles. The van der Waals surface area contributed by atoms with Crippen LogP contribution < -0.4 is 0 Å². The molecular weight excluding hydrogens is 456 g/mol. The van der Waals surface area contributed by atoms with Gasteiger partial charge in [-0.05, 0) is 67.6 Å². The molecule has 9 heteroatoms. The first-order valence-corrected chi connectivity index (χ1v) is 14.7. The molecule has 0 aliphatic heterocycles. The second-order valence-electron chi connectivity index (χ2n) is 7.96. The average molecular weight is 497 g/mol. The summed E-state index contributed by atoms with van der Waals surface area (Å²) in [6.45, 7) is 2.20. The standard InChI is InChI=1S/C22H40O6S3/c1-2-3-4-5-9-22(10-6-13-29-16-19(23)24,11-7-14-30-17-20(25)26)12-8-15-31-18-21(27)28/h2-18H2,1H3,(H,23,24)(H,25,26)(H,27,28). The van der Waals surface area contributed by atoms with E-state index in [0.29, 0.717) is 0 Å². The van der Waals surface area contributed by atoms with Gasteiger partial charge in [-0.15, -0.1) is 0 Å². The van der Waals surface area contributed by atoms with Crippen LogP contribution in [-0.2, 0) is 14.4 Å². The van der Waals surface area contributed by atoms with Gasteiger partial charge in [0.15, 0.2) is 0 Å². The van der Waals surface area contributed by atoms with Crippen LogP contribution in [0, 0.1) is 5.41 Å². The first kappa shape index (κ1) is 30.5. The second kappa shape index (κ2) is 20.1. The molecule has 6 nitrogen and oxygen atoms in total. The molecule has 182 valence electrons. The molecular formula is C22H40O6S3. The summed E-state index contributed by atoms with van der Waals surface area (Å²) in [6, 6.07) is 0. The highest BCUT2D eigenvalue weighted by atomic mass is 32.2. The summed E-state index contributed by atoms with van der Waals surface area (Å²) >= 11 is 4.40. The lowest BCUT2D eigenvalue weighted by atomic mass is 9.72. The molecule has 0 rings (SSSR count). The number of rotatable bonds is 23. The van der Waals surface area contributed by atoms with E-state index >= 15 is 0 Å². The summed E-state index contributed by atoms with van der Waals surface area (Å²) in [7, 11) is 0. The number of hydrogen-bond acceptors (Lipinski definition) is 6. The highest BCUT2D eigenvalue weighted by molar-refractivity contribution is 8.00. The molecule has 0 aromatic rings. The number of carboxylic acid groups (broad SMARTS) is 3. The van der Waals surface area contributed by atoms with Gasteiger partial charge in [0, 0.05) is 0 Å². The highest BCUT2D eigenvalue weighted by Gasteiger charge is 2.28. The largest absolute Gasteiger partial charge is 0.481 e. The Morgan fingerprint density at radius 3 is 1.26 bits per heavy atom. The molecule has 0 radical (unpaired) electrons. The van der Waals surface area contributed by atoms with Crippen LogP contribution in [0.15, 0.2) is 0 Å². The molecule has 0 aromatic carbocycles. The fraction of sp³-hybridized carbons (Fsp3) is 0.864. The fourth-order valence-corrected chi connectivity index (χ4v) is 5.81. The Bertz CT molecular complexity index is 442. The molecule has 0 fully saturated rings. The quantitative estimate of drug-likeness (QED) is 0.152. The van der Waals surface area contributed by atoms with Crippen LogP contribution in [0.3, 0.4) is 0 Å². The average Bonchev–Trinajstić information content (AvgIpc) is 2.69. The molecule has 0 aliphatic rings. The van der Waals surface area contributed by atoms with Gasteiger partial charge in [0.25, 0.3) is 0 Å². The minimum Gasteiger partial charge on any atom is -0.481 e. The van der Waals surface area contributed by atoms with Crippen LogP contribution >= 0.6 is 35.3 Å². The minimum absolute atomic E-state index is 0.140. The number of carboxylic acids is 3. The van der Waals surface area contributed by atoms with Crippen LogP contribution in [-0.4, -0.2) is 67.7 Å². The lowest BCUT2D eigenvalue weighted by molar-refractivity contribution is -0.134. The molecule has 3 N–H and O–H groups in total. The lowest BCUT2D eigenvalue weighted by Crippen LogP contribution is -2.22. The number of thioether (sulfide) groups is 3. The van der Waals surface area contributed by atoms with E-state index in [-0.39, 0.29) is 22.7 Å². The predicted molar refractivity (Wildman–Crippen MR) is 134 cm³/mol. The Morgan fingerprint density at radius 1 is 0.581 bits per heavy atom. The van der Waals surface area contributed by atoms with E-state index in [1.807, 2.05) is 0 Å². The maximum atomic E-state index is 10.8. The molecule has 0 heterocycles. The molecule has 0 bridgehead atoms. The van der Waals surface area contributed by atoms with E-state index in [1.165, 1.54) is 61.0 Å². The van der Waals surface area contributed by atoms with Crippen LogP contribution in [0.4, 0.5) is 0 Å². The van der Waals surface area contributed by atoms with Crippen molar-refractivity contribution in [1.82, 2.24) is 0 Å². The molecule has 0 atom stereocenters. The van der Waals surface area contributed by atoms with Crippen molar-refractivity contribution in [3.8, 4) is 0 Å². The van der Waals surface area contributed by atoms with Gasteiger partial charge in [0.2, 0.25) is 0 Å². The summed E-state index contributed by atoms with van der Waals surface area (Å²) in [5, 5.41) is 26.5. The van der Waals surface area contributed by atoms with Gasteiger partial charge in [0.1, 0.15) is 0 Å². The summed E-state index contributed by atoms with van der Waals surface area (Å²) in [4.78, 5) is 32.3. The molecule has 0 amide bonds. The number of hydrogen-bond donors (Lipinski definition) is 3. The van der Waals surface area contributed by atoms with Crippen molar-refractivity contribution >= 4 is 53.2 Å². The normalized spacial score (nSPS) is 11.5. The molecule has 0 spiro atoms. The van der Waals surface area contributed by atoms with Gasteiger partial charge in [-0.2, -0.15) is 35.3 Å². The van der Waals surface area contributed by atoms with Crippen LogP contribution in [0.5, 0.6) is 0 Å². The van der Waals surface area contributed by atoms with Crippen molar-refractivity contribution in [2.45, 2.75) is 77.6 Å². The number of unbranched alkanes of at least 4 members (excludes halogenated alkanes) is 3. The monoisotopic (exact) mass is 496 g/mol. The van der Waals surface area contributed by atoms with Gasteiger partial charge in [0.05, 0.1) is 17.3 Å².